The zero-order chi connectivity index (χ0) is 13.9. The smallest absolute Gasteiger partial charge is 0.176 e. The molecule has 0 saturated carbocycles. The van der Waals surface area contributed by atoms with E-state index < -0.39 is 0 Å². The van der Waals surface area contributed by atoms with Gasteiger partial charge in [0.05, 0.1) is 6.54 Å². The van der Waals surface area contributed by atoms with Crippen LogP contribution in [0.2, 0.25) is 0 Å². The molecule has 104 valence electrons. The molecule has 0 bridgehead atoms. The summed E-state index contributed by atoms with van der Waals surface area (Å²) in [5, 5.41) is 0. The van der Waals surface area contributed by atoms with Gasteiger partial charge in [-0.2, -0.15) is 0 Å². The average molecular weight is 263 g/mol. The third kappa shape index (κ3) is 4.13. The van der Waals surface area contributed by atoms with Crippen LogP contribution in [0.3, 0.4) is 0 Å². The minimum atomic E-state index is -0.298. The molecule has 0 amide bonds. The van der Waals surface area contributed by atoms with E-state index in [0.717, 1.165) is 25.9 Å². The van der Waals surface area contributed by atoms with Gasteiger partial charge in [0, 0.05) is 5.56 Å². The fourth-order valence-corrected chi connectivity index (χ4v) is 2.57. The maximum Gasteiger partial charge on any atom is 0.176 e. The molecule has 1 fully saturated rings. The second-order valence-corrected chi connectivity index (χ2v) is 6.22. The highest BCUT2D eigenvalue weighted by atomic mass is 19.1. The number of nitrogens with zero attached hydrogens (tertiary/aromatic N) is 1. The summed E-state index contributed by atoms with van der Waals surface area (Å²) in [6.07, 6.45) is 3.49. The van der Waals surface area contributed by atoms with Gasteiger partial charge in [0.1, 0.15) is 5.82 Å². The SMILES string of the molecule is CC1(C)CCCN(CC(=O)c2ccc(F)cc2)CC1. The number of likely N-dealkylation sites (tertiary alicyclic amines) is 1. The molecule has 0 atom stereocenters. The van der Waals surface area contributed by atoms with Crippen LogP contribution >= 0.6 is 0 Å². The largest absolute Gasteiger partial charge is 0.296 e. The first kappa shape index (κ1) is 14.2. The van der Waals surface area contributed by atoms with E-state index in [9.17, 15) is 9.18 Å². The van der Waals surface area contributed by atoms with Crippen LogP contribution in [0.15, 0.2) is 24.3 Å². The molecule has 1 saturated heterocycles. The quantitative estimate of drug-likeness (QED) is 0.778. The van der Waals surface area contributed by atoms with Crippen molar-refractivity contribution in [3.8, 4) is 0 Å². The number of hydrogen-bond donors (Lipinski definition) is 0. The Morgan fingerprint density at radius 3 is 2.58 bits per heavy atom. The summed E-state index contributed by atoms with van der Waals surface area (Å²) >= 11 is 0. The standard InChI is InChI=1S/C16H22FNO/c1-16(2)8-3-10-18(11-9-16)12-15(19)13-4-6-14(17)7-5-13/h4-7H,3,8-12H2,1-2H3. The van der Waals surface area contributed by atoms with Gasteiger partial charge < -0.3 is 0 Å². The minimum absolute atomic E-state index is 0.0831. The molecular formula is C16H22FNO. The van der Waals surface area contributed by atoms with Gasteiger partial charge in [0.2, 0.25) is 0 Å². The molecule has 1 aliphatic heterocycles. The second-order valence-electron chi connectivity index (χ2n) is 6.22. The van der Waals surface area contributed by atoms with E-state index in [-0.39, 0.29) is 11.6 Å². The van der Waals surface area contributed by atoms with Crippen LogP contribution in [0.4, 0.5) is 4.39 Å². The van der Waals surface area contributed by atoms with Crippen molar-refractivity contribution in [1.29, 1.82) is 0 Å². The summed E-state index contributed by atoms with van der Waals surface area (Å²) in [6.45, 7) is 6.98. The first-order valence-electron chi connectivity index (χ1n) is 6.97. The molecule has 2 nitrogen and oxygen atoms in total. The van der Waals surface area contributed by atoms with Gasteiger partial charge >= 0.3 is 0 Å². The van der Waals surface area contributed by atoms with Crippen LogP contribution in [0.25, 0.3) is 0 Å². The maximum atomic E-state index is 12.8. The highest BCUT2D eigenvalue weighted by Gasteiger charge is 2.24. The minimum Gasteiger partial charge on any atom is -0.296 e. The van der Waals surface area contributed by atoms with Gasteiger partial charge in [-0.15, -0.1) is 0 Å². The normalized spacial score (nSPS) is 19.9. The Hall–Kier alpha value is -1.22. The van der Waals surface area contributed by atoms with Crippen LogP contribution < -0.4 is 0 Å². The lowest BCUT2D eigenvalue weighted by molar-refractivity contribution is 0.0930. The van der Waals surface area contributed by atoms with Gasteiger partial charge in [0.25, 0.3) is 0 Å². The molecule has 1 aromatic rings. The second kappa shape index (κ2) is 5.83. The molecule has 0 spiro atoms. The fraction of sp³-hybridized carbons (Fsp3) is 0.562. The van der Waals surface area contributed by atoms with Crippen LogP contribution in [0.1, 0.15) is 43.5 Å². The number of benzene rings is 1. The third-order valence-corrected chi connectivity index (χ3v) is 3.97. The zero-order valence-corrected chi connectivity index (χ0v) is 11.8. The van der Waals surface area contributed by atoms with Crippen molar-refractivity contribution in [3.63, 3.8) is 0 Å². The summed E-state index contributed by atoms with van der Waals surface area (Å²) in [4.78, 5) is 14.4. The van der Waals surface area contributed by atoms with E-state index in [1.165, 1.54) is 18.6 Å². The highest BCUT2D eigenvalue weighted by Crippen LogP contribution is 2.29. The van der Waals surface area contributed by atoms with E-state index in [1.807, 2.05) is 0 Å². The van der Waals surface area contributed by atoms with Gasteiger partial charge in [-0.3, -0.25) is 9.69 Å². The Labute approximate surface area is 114 Å². The number of halogens is 1. The Kier molecular flexibility index (Phi) is 4.35. The molecule has 3 heteroatoms. The lowest BCUT2D eigenvalue weighted by Crippen LogP contribution is -2.31. The predicted octanol–water partition coefficient (Wildman–Crippen LogP) is 3.52. The zero-order valence-electron chi connectivity index (χ0n) is 11.8. The molecule has 2 rings (SSSR count). The van der Waals surface area contributed by atoms with E-state index in [4.69, 9.17) is 0 Å². The van der Waals surface area contributed by atoms with Crippen LogP contribution in [-0.2, 0) is 0 Å². The van der Waals surface area contributed by atoms with Crippen molar-refractivity contribution < 1.29 is 9.18 Å². The lowest BCUT2D eigenvalue weighted by atomic mass is 9.85. The van der Waals surface area contributed by atoms with E-state index in [1.54, 1.807) is 12.1 Å². The summed E-state index contributed by atoms with van der Waals surface area (Å²) < 4.78 is 12.8. The summed E-state index contributed by atoms with van der Waals surface area (Å²) in [5.74, 6) is -0.215. The molecule has 0 N–H and O–H groups in total. The lowest BCUT2D eigenvalue weighted by Gasteiger charge is -2.22. The predicted molar refractivity (Wildman–Crippen MR) is 74.8 cm³/mol. The summed E-state index contributed by atoms with van der Waals surface area (Å²) in [5.41, 5.74) is 0.984. The molecular weight excluding hydrogens is 241 g/mol. The van der Waals surface area contributed by atoms with Crippen LogP contribution in [-0.4, -0.2) is 30.3 Å². The molecule has 0 radical (unpaired) electrons. The number of ketones is 1. The molecule has 1 heterocycles. The van der Waals surface area contributed by atoms with Crippen molar-refractivity contribution in [2.75, 3.05) is 19.6 Å². The van der Waals surface area contributed by atoms with Crippen molar-refractivity contribution >= 4 is 5.78 Å². The Morgan fingerprint density at radius 1 is 1.21 bits per heavy atom. The number of rotatable bonds is 3. The Bertz CT molecular complexity index is 439. The first-order valence-corrected chi connectivity index (χ1v) is 6.97. The molecule has 19 heavy (non-hydrogen) atoms. The van der Waals surface area contributed by atoms with Gasteiger partial charge in [0.15, 0.2) is 5.78 Å². The molecule has 0 unspecified atom stereocenters. The van der Waals surface area contributed by atoms with Crippen LogP contribution in [0, 0.1) is 11.2 Å². The summed E-state index contributed by atoms with van der Waals surface area (Å²) in [7, 11) is 0. The van der Waals surface area contributed by atoms with Crippen molar-refractivity contribution in [1.82, 2.24) is 4.90 Å². The third-order valence-electron chi connectivity index (χ3n) is 3.97. The molecule has 1 aliphatic rings. The first-order chi connectivity index (χ1) is 8.96. The topological polar surface area (TPSA) is 20.3 Å². The van der Waals surface area contributed by atoms with Gasteiger partial charge in [-0.05, 0) is 62.0 Å². The van der Waals surface area contributed by atoms with Crippen molar-refractivity contribution in [2.45, 2.75) is 33.1 Å². The Balaban J connectivity index is 1.93. The van der Waals surface area contributed by atoms with Crippen molar-refractivity contribution in [2.24, 2.45) is 5.41 Å². The number of carbonyl (C=O) groups is 1. The maximum absolute atomic E-state index is 12.8. The molecule has 0 aliphatic carbocycles. The average Bonchev–Trinajstić information content (AvgIpc) is 2.52. The molecule has 0 aromatic heterocycles. The number of hydrogen-bond acceptors (Lipinski definition) is 2. The monoisotopic (exact) mass is 263 g/mol. The fourth-order valence-electron chi connectivity index (χ4n) is 2.57. The van der Waals surface area contributed by atoms with E-state index in [2.05, 4.69) is 18.7 Å². The number of Topliss-reactive ketones (excluding diaryl/α,β-unsaturated/α-hetero) is 1. The van der Waals surface area contributed by atoms with E-state index >= 15 is 0 Å². The van der Waals surface area contributed by atoms with Gasteiger partial charge in [-0.1, -0.05) is 13.8 Å². The Morgan fingerprint density at radius 2 is 1.89 bits per heavy atom. The summed E-state index contributed by atoms with van der Waals surface area (Å²) in [6, 6.07) is 5.83. The van der Waals surface area contributed by atoms with Crippen molar-refractivity contribution in [3.05, 3.63) is 35.6 Å². The van der Waals surface area contributed by atoms with Gasteiger partial charge in [-0.25, -0.2) is 4.39 Å². The van der Waals surface area contributed by atoms with Crippen LogP contribution in [0.5, 0.6) is 0 Å². The highest BCUT2D eigenvalue weighted by molar-refractivity contribution is 5.97. The van der Waals surface area contributed by atoms with E-state index in [0.29, 0.717) is 17.5 Å². The number of carbonyl (C=O) groups excluding carboxylic acids is 1. The molecule has 1 aromatic carbocycles.